The zero-order valence-corrected chi connectivity index (χ0v) is 11.6. The Balaban J connectivity index is 2.23. The van der Waals surface area contributed by atoms with Crippen molar-refractivity contribution in [1.29, 1.82) is 0 Å². The highest BCUT2D eigenvalue weighted by Crippen LogP contribution is 2.20. The minimum atomic E-state index is -5.04. The molecule has 0 aliphatic heterocycles. The molecule has 0 aliphatic carbocycles. The Hall–Kier alpha value is -2.51. The van der Waals surface area contributed by atoms with Gasteiger partial charge in [0.25, 0.3) is 0 Å². The molecule has 1 aromatic heterocycles. The van der Waals surface area contributed by atoms with Crippen LogP contribution in [0.25, 0.3) is 10.9 Å². The fourth-order valence-electron chi connectivity index (χ4n) is 2.14. The lowest BCUT2D eigenvalue weighted by molar-refractivity contribution is -0.174. The molecule has 1 atom stereocenters. The number of para-hydroxylation sites is 1. The summed E-state index contributed by atoms with van der Waals surface area (Å²) in [6.07, 6.45) is -3.47. The van der Waals surface area contributed by atoms with E-state index in [4.69, 9.17) is 0 Å². The zero-order valence-electron chi connectivity index (χ0n) is 11.6. The molecule has 0 spiro atoms. The molecule has 0 unspecified atom stereocenters. The second-order valence-corrected chi connectivity index (χ2v) is 4.70. The summed E-state index contributed by atoms with van der Waals surface area (Å²) in [6.45, 7) is 0. The number of amides is 2. The van der Waals surface area contributed by atoms with E-state index in [9.17, 15) is 22.8 Å². The van der Waals surface area contributed by atoms with Crippen LogP contribution in [0.1, 0.15) is 5.56 Å². The van der Waals surface area contributed by atoms with E-state index in [1.54, 1.807) is 23.6 Å². The largest absolute Gasteiger partial charge is 0.471 e. The number of carbonyl (C=O) groups excluding carboxylic acids is 2. The Morgan fingerprint density at radius 3 is 2.59 bits per heavy atom. The molecule has 118 valence electrons. The molecule has 0 aliphatic rings. The smallest absolute Gasteiger partial charge is 0.361 e. The zero-order chi connectivity index (χ0) is 16.3. The first-order chi connectivity index (χ1) is 10.3. The minimum Gasteiger partial charge on any atom is -0.361 e. The highest BCUT2D eigenvalue weighted by atomic mass is 19.4. The van der Waals surface area contributed by atoms with Gasteiger partial charge in [0.1, 0.15) is 6.04 Å². The second-order valence-electron chi connectivity index (χ2n) is 4.70. The molecule has 8 heteroatoms. The maximum Gasteiger partial charge on any atom is 0.471 e. The van der Waals surface area contributed by atoms with Gasteiger partial charge in [-0.3, -0.25) is 9.59 Å². The number of benzene rings is 1. The number of nitrogens with one attached hydrogen (secondary N) is 3. The molecule has 3 N–H and O–H groups in total. The third-order valence-electron chi connectivity index (χ3n) is 3.22. The summed E-state index contributed by atoms with van der Waals surface area (Å²) in [7, 11) is 1.30. The quantitative estimate of drug-likeness (QED) is 0.800. The Bertz CT molecular complexity index is 694. The maximum absolute atomic E-state index is 12.4. The van der Waals surface area contributed by atoms with Gasteiger partial charge in [0.2, 0.25) is 5.91 Å². The van der Waals surface area contributed by atoms with Crippen LogP contribution >= 0.6 is 0 Å². The van der Waals surface area contributed by atoms with Crippen LogP contribution in [0.3, 0.4) is 0 Å². The van der Waals surface area contributed by atoms with E-state index in [1.807, 2.05) is 12.1 Å². The maximum atomic E-state index is 12.4. The first-order valence-electron chi connectivity index (χ1n) is 6.47. The fraction of sp³-hybridized carbons (Fsp3) is 0.286. The van der Waals surface area contributed by atoms with E-state index < -0.39 is 24.0 Å². The van der Waals surface area contributed by atoms with Gasteiger partial charge in [0, 0.05) is 30.6 Å². The SMILES string of the molecule is CNC(=O)[C@H](Cc1c[nH]c2ccccc12)NC(=O)C(F)(F)F. The Labute approximate surface area is 123 Å². The van der Waals surface area contributed by atoms with Crippen LogP contribution < -0.4 is 10.6 Å². The molecule has 1 heterocycles. The van der Waals surface area contributed by atoms with Crippen molar-refractivity contribution < 1.29 is 22.8 Å². The number of rotatable bonds is 4. The van der Waals surface area contributed by atoms with E-state index in [1.165, 1.54) is 7.05 Å². The molecule has 22 heavy (non-hydrogen) atoms. The number of aromatic amines is 1. The fourth-order valence-corrected chi connectivity index (χ4v) is 2.14. The molecule has 0 fully saturated rings. The van der Waals surface area contributed by atoms with E-state index >= 15 is 0 Å². The summed E-state index contributed by atoms with van der Waals surface area (Å²) in [6, 6.07) is 5.88. The molecule has 1 aromatic carbocycles. The molecule has 2 aromatic rings. The molecule has 0 radical (unpaired) electrons. The number of likely N-dealkylation sites (N-methyl/N-ethyl adjacent to an activating group) is 1. The average Bonchev–Trinajstić information content (AvgIpc) is 2.88. The number of hydrogen-bond donors (Lipinski definition) is 3. The number of aromatic nitrogens is 1. The monoisotopic (exact) mass is 313 g/mol. The second kappa shape index (κ2) is 6.08. The van der Waals surface area contributed by atoms with Crippen LogP contribution in [0.15, 0.2) is 30.5 Å². The van der Waals surface area contributed by atoms with Crippen molar-refractivity contribution in [2.45, 2.75) is 18.6 Å². The van der Waals surface area contributed by atoms with Crippen molar-refractivity contribution in [2.75, 3.05) is 7.05 Å². The molecular formula is C14H14F3N3O2. The van der Waals surface area contributed by atoms with Gasteiger partial charge < -0.3 is 15.6 Å². The lowest BCUT2D eigenvalue weighted by Gasteiger charge is -2.18. The number of hydrogen-bond acceptors (Lipinski definition) is 2. The highest BCUT2D eigenvalue weighted by Gasteiger charge is 2.40. The van der Waals surface area contributed by atoms with Crippen molar-refractivity contribution in [1.82, 2.24) is 15.6 Å². The van der Waals surface area contributed by atoms with Crippen LogP contribution in [0.4, 0.5) is 13.2 Å². The topological polar surface area (TPSA) is 74.0 Å². The predicted octanol–water partition coefficient (Wildman–Crippen LogP) is 1.50. The summed E-state index contributed by atoms with van der Waals surface area (Å²) in [5, 5.41) is 4.76. The predicted molar refractivity (Wildman–Crippen MR) is 74.1 cm³/mol. The van der Waals surface area contributed by atoms with Crippen LogP contribution in [0, 0.1) is 0 Å². The molecule has 0 saturated heterocycles. The molecule has 5 nitrogen and oxygen atoms in total. The first-order valence-corrected chi connectivity index (χ1v) is 6.47. The standard InChI is InChI=1S/C14H14F3N3O2/c1-18-12(21)11(20-13(22)14(15,16)17)6-8-7-19-10-5-3-2-4-9(8)10/h2-5,7,11,19H,6H2,1H3,(H,18,21)(H,20,22)/t11-/m0/s1. The number of fused-ring (bicyclic) bond motifs is 1. The van der Waals surface area contributed by atoms with Crippen molar-refractivity contribution in [2.24, 2.45) is 0 Å². The van der Waals surface area contributed by atoms with Crippen molar-refractivity contribution in [3.63, 3.8) is 0 Å². The van der Waals surface area contributed by atoms with Crippen molar-refractivity contribution >= 4 is 22.7 Å². The van der Waals surface area contributed by atoms with Gasteiger partial charge in [-0.05, 0) is 11.6 Å². The minimum absolute atomic E-state index is 0.0501. The summed E-state index contributed by atoms with van der Waals surface area (Å²) in [4.78, 5) is 25.8. The third kappa shape index (κ3) is 3.38. The Kier molecular flexibility index (Phi) is 4.39. The van der Waals surface area contributed by atoms with Gasteiger partial charge in [0.15, 0.2) is 0 Å². The molecule has 2 amide bonds. The van der Waals surface area contributed by atoms with E-state index in [2.05, 4.69) is 10.3 Å². The normalized spacial score (nSPS) is 12.9. The summed E-state index contributed by atoms with van der Waals surface area (Å²) < 4.78 is 37.1. The van der Waals surface area contributed by atoms with Gasteiger partial charge >= 0.3 is 12.1 Å². The van der Waals surface area contributed by atoms with Crippen LogP contribution in [0.5, 0.6) is 0 Å². The van der Waals surface area contributed by atoms with Gasteiger partial charge in [-0.15, -0.1) is 0 Å². The summed E-state index contributed by atoms with van der Waals surface area (Å²) in [5.41, 5.74) is 1.45. The van der Waals surface area contributed by atoms with Gasteiger partial charge in [-0.2, -0.15) is 13.2 Å². The lowest BCUT2D eigenvalue weighted by atomic mass is 10.0. The Morgan fingerprint density at radius 2 is 1.95 bits per heavy atom. The van der Waals surface area contributed by atoms with Gasteiger partial charge in [-0.25, -0.2) is 0 Å². The van der Waals surface area contributed by atoms with Crippen molar-refractivity contribution in [3.8, 4) is 0 Å². The lowest BCUT2D eigenvalue weighted by Crippen LogP contribution is -2.51. The van der Waals surface area contributed by atoms with E-state index in [0.717, 1.165) is 10.9 Å². The molecule has 2 rings (SSSR count). The number of H-pyrrole nitrogens is 1. The highest BCUT2D eigenvalue weighted by molar-refractivity contribution is 5.91. The number of carbonyl (C=O) groups is 2. The average molecular weight is 313 g/mol. The van der Waals surface area contributed by atoms with Gasteiger partial charge in [-0.1, -0.05) is 18.2 Å². The van der Waals surface area contributed by atoms with Crippen molar-refractivity contribution in [3.05, 3.63) is 36.0 Å². The molecule has 0 bridgehead atoms. The van der Waals surface area contributed by atoms with E-state index in [-0.39, 0.29) is 6.42 Å². The molecule has 0 saturated carbocycles. The van der Waals surface area contributed by atoms with E-state index in [0.29, 0.717) is 5.56 Å². The van der Waals surface area contributed by atoms with Crippen LogP contribution in [0.2, 0.25) is 0 Å². The first kappa shape index (κ1) is 15.9. The van der Waals surface area contributed by atoms with Crippen LogP contribution in [-0.2, 0) is 16.0 Å². The Morgan fingerprint density at radius 1 is 1.27 bits per heavy atom. The summed E-state index contributed by atoms with van der Waals surface area (Å²) >= 11 is 0. The number of alkyl halides is 3. The summed E-state index contributed by atoms with van der Waals surface area (Å²) in [5.74, 6) is -2.83. The molecular weight excluding hydrogens is 299 g/mol. The van der Waals surface area contributed by atoms with Crippen LogP contribution in [-0.4, -0.2) is 36.1 Å². The van der Waals surface area contributed by atoms with Gasteiger partial charge in [0.05, 0.1) is 0 Å². The third-order valence-corrected chi connectivity index (χ3v) is 3.22. The number of halogens is 3.